The summed E-state index contributed by atoms with van der Waals surface area (Å²) in [5, 5.41) is 3.55. The van der Waals surface area contributed by atoms with E-state index in [1.807, 2.05) is 19.4 Å². The number of likely N-dealkylation sites (tertiary alicyclic amines) is 2. The van der Waals surface area contributed by atoms with Crippen molar-refractivity contribution in [3.63, 3.8) is 0 Å². The maximum Gasteiger partial charge on any atom is 0.193 e. The molecule has 2 aliphatic heterocycles. The molecule has 0 bridgehead atoms. The summed E-state index contributed by atoms with van der Waals surface area (Å²) in [6.07, 6.45) is 10.3. The molecule has 0 saturated carbocycles. The Morgan fingerprint density at radius 1 is 1.28 bits per heavy atom. The molecule has 1 atom stereocenters. The summed E-state index contributed by atoms with van der Waals surface area (Å²) in [6.45, 7) is 9.19. The molecular formula is C20H33N5. The van der Waals surface area contributed by atoms with Crippen molar-refractivity contribution in [1.82, 2.24) is 20.1 Å². The van der Waals surface area contributed by atoms with E-state index < -0.39 is 0 Å². The number of rotatable bonds is 5. The Bertz CT molecular complexity index is 565. The molecule has 5 nitrogen and oxygen atoms in total. The molecule has 0 radical (unpaired) electrons. The molecule has 2 aliphatic rings. The zero-order valence-corrected chi connectivity index (χ0v) is 15.9. The molecule has 1 aromatic rings. The van der Waals surface area contributed by atoms with Gasteiger partial charge in [-0.3, -0.25) is 9.98 Å². The topological polar surface area (TPSA) is 43.8 Å². The van der Waals surface area contributed by atoms with Crippen molar-refractivity contribution in [1.29, 1.82) is 0 Å². The first kappa shape index (κ1) is 18.2. The Kier molecular flexibility index (Phi) is 6.68. The van der Waals surface area contributed by atoms with Gasteiger partial charge in [-0.05, 0) is 68.8 Å². The molecule has 2 saturated heterocycles. The van der Waals surface area contributed by atoms with Crippen LogP contribution in [0.5, 0.6) is 0 Å². The van der Waals surface area contributed by atoms with Crippen LogP contribution >= 0.6 is 0 Å². The number of nitrogens with zero attached hydrogens (tertiary/aromatic N) is 4. The lowest BCUT2D eigenvalue weighted by molar-refractivity contribution is 0.198. The highest BCUT2D eigenvalue weighted by Crippen LogP contribution is 2.19. The largest absolute Gasteiger partial charge is 0.356 e. The van der Waals surface area contributed by atoms with Gasteiger partial charge in [0.05, 0.1) is 0 Å². The van der Waals surface area contributed by atoms with E-state index in [0.717, 1.165) is 37.9 Å². The zero-order chi connectivity index (χ0) is 17.5. The van der Waals surface area contributed by atoms with Crippen LogP contribution in [0, 0.1) is 12.8 Å². The van der Waals surface area contributed by atoms with Gasteiger partial charge in [-0.15, -0.1) is 0 Å². The van der Waals surface area contributed by atoms with Crippen LogP contribution in [0.1, 0.15) is 36.8 Å². The van der Waals surface area contributed by atoms with E-state index >= 15 is 0 Å². The fourth-order valence-corrected chi connectivity index (χ4v) is 4.11. The fourth-order valence-electron chi connectivity index (χ4n) is 4.11. The summed E-state index contributed by atoms with van der Waals surface area (Å²) < 4.78 is 0. The van der Waals surface area contributed by atoms with Gasteiger partial charge in [-0.1, -0.05) is 6.42 Å². The van der Waals surface area contributed by atoms with Crippen molar-refractivity contribution >= 4 is 5.96 Å². The number of aromatic nitrogens is 1. The van der Waals surface area contributed by atoms with Crippen LogP contribution in [0.25, 0.3) is 0 Å². The first-order chi connectivity index (χ1) is 12.3. The molecule has 0 aromatic carbocycles. The smallest absolute Gasteiger partial charge is 0.193 e. The predicted octanol–water partition coefficient (Wildman–Crippen LogP) is 2.32. The van der Waals surface area contributed by atoms with Crippen LogP contribution in [-0.2, 0) is 6.42 Å². The number of aliphatic imine (C=N–C) groups is 1. The Labute approximate surface area is 152 Å². The normalized spacial score (nSPS) is 22.4. The summed E-state index contributed by atoms with van der Waals surface area (Å²) in [5.41, 5.74) is 2.63. The maximum atomic E-state index is 4.51. The third-order valence-corrected chi connectivity index (χ3v) is 5.58. The molecular weight excluding hydrogens is 310 g/mol. The molecule has 25 heavy (non-hydrogen) atoms. The van der Waals surface area contributed by atoms with Gasteiger partial charge in [0.25, 0.3) is 0 Å². The number of piperidine rings is 1. The summed E-state index contributed by atoms with van der Waals surface area (Å²) in [7, 11) is 1.90. The summed E-state index contributed by atoms with van der Waals surface area (Å²) >= 11 is 0. The Hall–Kier alpha value is -1.62. The van der Waals surface area contributed by atoms with Gasteiger partial charge >= 0.3 is 0 Å². The molecule has 1 aromatic heterocycles. The second-order valence-corrected chi connectivity index (χ2v) is 7.49. The second-order valence-electron chi connectivity index (χ2n) is 7.49. The van der Waals surface area contributed by atoms with E-state index in [9.17, 15) is 0 Å². The first-order valence-electron chi connectivity index (χ1n) is 9.83. The van der Waals surface area contributed by atoms with E-state index in [2.05, 4.69) is 38.1 Å². The van der Waals surface area contributed by atoms with Gasteiger partial charge in [-0.25, -0.2) is 0 Å². The maximum absolute atomic E-state index is 4.51. The van der Waals surface area contributed by atoms with Crippen molar-refractivity contribution < 1.29 is 0 Å². The predicted molar refractivity (Wildman–Crippen MR) is 104 cm³/mol. The van der Waals surface area contributed by atoms with Gasteiger partial charge in [-0.2, -0.15) is 0 Å². The number of hydrogen-bond acceptors (Lipinski definition) is 3. The van der Waals surface area contributed by atoms with E-state index in [0.29, 0.717) is 0 Å². The Balaban J connectivity index is 1.43. The van der Waals surface area contributed by atoms with Crippen LogP contribution in [-0.4, -0.2) is 67.1 Å². The van der Waals surface area contributed by atoms with Gasteiger partial charge < -0.3 is 15.1 Å². The van der Waals surface area contributed by atoms with Gasteiger partial charge in [0.1, 0.15) is 0 Å². The highest BCUT2D eigenvalue weighted by molar-refractivity contribution is 5.80. The average molecular weight is 344 g/mol. The number of guanidine groups is 1. The lowest BCUT2D eigenvalue weighted by Crippen LogP contribution is -2.42. The number of pyridine rings is 1. The molecule has 5 heteroatoms. The first-order valence-corrected chi connectivity index (χ1v) is 9.83. The van der Waals surface area contributed by atoms with Crippen molar-refractivity contribution in [2.24, 2.45) is 10.9 Å². The van der Waals surface area contributed by atoms with Crippen LogP contribution in [0.3, 0.4) is 0 Å². The molecule has 1 N–H and O–H groups in total. The minimum atomic E-state index is 0.791. The lowest BCUT2D eigenvalue weighted by atomic mass is 10.1. The van der Waals surface area contributed by atoms with Gasteiger partial charge in [0.2, 0.25) is 0 Å². The van der Waals surface area contributed by atoms with E-state index in [1.54, 1.807) is 0 Å². The van der Waals surface area contributed by atoms with Crippen molar-refractivity contribution in [3.8, 4) is 0 Å². The van der Waals surface area contributed by atoms with E-state index in [4.69, 9.17) is 0 Å². The molecule has 0 aliphatic carbocycles. The number of aryl methyl sites for hydroxylation is 1. The Morgan fingerprint density at radius 3 is 2.88 bits per heavy atom. The van der Waals surface area contributed by atoms with Gasteiger partial charge in [0, 0.05) is 45.6 Å². The molecule has 0 spiro atoms. The summed E-state index contributed by atoms with van der Waals surface area (Å²) in [5.74, 6) is 1.85. The third-order valence-electron chi connectivity index (χ3n) is 5.58. The van der Waals surface area contributed by atoms with Crippen LogP contribution in [0.4, 0.5) is 0 Å². The van der Waals surface area contributed by atoms with Crippen LogP contribution < -0.4 is 5.32 Å². The van der Waals surface area contributed by atoms with Gasteiger partial charge in [0.15, 0.2) is 5.96 Å². The number of nitrogens with one attached hydrogen (secondary N) is 1. The van der Waals surface area contributed by atoms with Crippen molar-refractivity contribution in [2.45, 2.75) is 39.0 Å². The molecule has 2 fully saturated rings. The minimum absolute atomic E-state index is 0.791. The van der Waals surface area contributed by atoms with Crippen molar-refractivity contribution in [3.05, 3.63) is 29.6 Å². The number of hydrogen-bond donors (Lipinski definition) is 1. The zero-order valence-electron chi connectivity index (χ0n) is 15.9. The molecule has 3 rings (SSSR count). The molecule has 0 amide bonds. The second kappa shape index (κ2) is 9.18. The third kappa shape index (κ3) is 5.18. The van der Waals surface area contributed by atoms with Crippen molar-refractivity contribution in [2.75, 3.05) is 46.3 Å². The summed E-state index contributed by atoms with van der Waals surface area (Å²) in [4.78, 5) is 13.8. The fraction of sp³-hybridized carbons (Fsp3) is 0.700. The highest BCUT2D eigenvalue weighted by atomic mass is 15.3. The van der Waals surface area contributed by atoms with Crippen LogP contribution in [0.2, 0.25) is 0 Å². The lowest BCUT2D eigenvalue weighted by Gasteiger charge is -2.29. The quantitative estimate of drug-likeness (QED) is 0.658. The molecule has 3 heterocycles. The highest BCUT2D eigenvalue weighted by Gasteiger charge is 2.26. The van der Waals surface area contributed by atoms with E-state index in [-0.39, 0.29) is 0 Å². The molecule has 138 valence electrons. The SMILES string of the molecule is CN=C(NCCc1ccncc1C)N1CCC(CN2CCCCC2)C1. The molecule has 1 unspecified atom stereocenters. The monoisotopic (exact) mass is 343 g/mol. The standard InChI is InChI=1S/C20H33N5/c1-17-14-22-9-6-19(17)7-10-23-20(21-2)25-13-8-18(16-25)15-24-11-4-3-5-12-24/h6,9,14,18H,3-5,7-8,10-13,15-16H2,1-2H3,(H,21,23). The Morgan fingerprint density at radius 2 is 2.12 bits per heavy atom. The minimum Gasteiger partial charge on any atom is -0.356 e. The average Bonchev–Trinajstić information content (AvgIpc) is 3.09. The summed E-state index contributed by atoms with van der Waals surface area (Å²) in [6, 6.07) is 2.12. The van der Waals surface area contributed by atoms with Crippen LogP contribution in [0.15, 0.2) is 23.5 Å². The van der Waals surface area contributed by atoms with E-state index in [1.165, 1.54) is 56.4 Å².